The Balaban J connectivity index is 1.74. The molecule has 0 aliphatic rings. The molecule has 0 heterocycles. The van der Waals surface area contributed by atoms with Crippen molar-refractivity contribution in [2.24, 2.45) is 0 Å². The number of aliphatic carboxylic acids is 1. The molecule has 178 valence electrons. The minimum Gasteiger partial charge on any atom is -0.494 e. The molecule has 0 saturated carbocycles. The number of carbonyl (C=O) groups excluding carboxylic acids is 1. The zero-order chi connectivity index (χ0) is 24.1. The van der Waals surface area contributed by atoms with E-state index in [1.165, 1.54) is 6.08 Å². The molecule has 0 radical (unpaired) electrons. The number of ketones is 1. The third kappa shape index (κ3) is 8.58. The van der Waals surface area contributed by atoms with Crippen molar-refractivity contribution < 1.29 is 32.7 Å². The first-order valence-corrected chi connectivity index (χ1v) is 12.8. The number of carboxylic acids is 1. The molecule has 0 unspecified atom stereocenters. The van der Waals surface area contributed by atoms with Crippen molar-refractivity contribution in [1.82, 2.24) is 0 Å². The van der Waals surface area contributed by atoms with Crippen LogP contribution in [-0.4, -0.2) is 53.6 Å². The third-order valence-electron chi connectivity index (χ3n) is 5.29. The van der Waals surface area contributed by atoms with Gasteiger partial charge in [0.05, 0.1) is 6.61 Å². The van der Waals surface area contributed by atoms with E-state index in [-0.39, 0.29) is 5.78 Å². The zero-order valence-electron chi connectivity index (χ0n) is 19.4. The van der Waals surface area contributed by atoms with Gasteiger partial charge in [0.2, 0.25) is 0 Å². The van der Waals surface area contributed by atoms with Crippen LogP contribution >= 0.6 is 0 Å². The Morgan fingerprint density at radius 3 is 1.91 bits per heavy atom. The van der Waals surface area contributed by atoms with Crippen molar-refractivity contribution in [2.75, 3.05) is 27.9 Å². The maximum atomic E-state index is 12.7. The molecule has 0 fully saturated rings. The zero-order valence-corrected chi connectivity index (χ0v) is 20.4. The fraction of sp³-hybridized carbons (Fsp3) is 0.360. The molecule has 0 saturated heterocycles. The minimum atomic E-state index is -2.47. The van der Waals surface area contributed by atoms with Gasteiger partial charge in [-0.05, 0) is 48.7 Å². The molecule has 2 rings (SSSR count). The lowest BCUT2D eigenvalue weighted by Gasteiger charge is -2.24. The normalized spacial score (nSPS) is 11.6. The van der Waals surface area contributed by atoms with E-state index < -0.39 is 14.8 Å². The van der Waals surface area contributed by atoms with E-state index in [9.17, 15) is 9.59 Å². The fourth-order valence-electron chi connectivity index (χ4n) is 3.33. The summed E-state index contributed by atoms with van der Waals surface area (Å²) in [5.74, 6) is -0.385. The van der Waals surface area contributed by atoms with Gasteiger partial charge in [-0.1, -0.05) is 37.1 Å². The average molecular weight is 473 g/mol. The Morgan fingerprint density at radius 2 is 1.36 bits per heavy atom. The van der Waals surface area contributed by atoms with Gasteiger partial charge in [0.25, 0.3) is 0 Å². The molecule has 7 nitrogen and oxygen atoms in total. The summed E-state index contributed by atoms with van der Waals surface area (Å²) in [5, 5.41) is 8.68. The SMILES string of the molecule is CO[Si](CCCCCCOc1ccc(C(=O)c2ccc(/C=C/C(=O)O)cc2)cc1)(OC)OC. The van der Waals surface area contributed by atoms with Crippen LogP contribution in [0.4, 0.5) is 0 Å². The van der Waals surface area contributed by atoms with Crippen molar-refractivity contribution in [3.05, 3.63) is 71.3 Å². The summed E-state index contributed by atoms with van der Waals surface area (Å²) < 4.78 is 22.1. The Kier molecular flexibility index (Phi) is 11.0. The number of carboxylic acid groups (broad SMARTS) is 1. The number of hydrogen-bond acceptors (Lipinski definition) is 6. The molecule has 0 atom stereocenters. The summed E-state index contributed by atoms with van der Waals surface area (Å²) in [4.78, 5) is 23.2. The molecule has 0 aliphatic heterocycles. The largest absolute Gasteiger partial charge is 0.500 e. The van der Waals surface area contributed by atoms with E-state index in [1.54, 1.807) is 69.9 Å². The summed E-state index contributed by atoms with van der Waals surface area (Å²) in [7, 11) is 2.42. The molecule has 0 aliphatic carbocycles. The molecule has 33 heavy (non-hydrogen) atoms. The van der Waals surface area contributed by atoms with Crippen molar-refractivity contribution in [2.45, 2.75) is 31.7 Å². The van der Waals surface area contributed by atoms with Gasteiger partial charge < -0.3 is 23.1 Å². The third-order valence-corrected chi connectivity index (χ3v) is 8.12. The number of rotatable bonds is 15. The van der Waals surface area contributed by atoms with Gasteiger partial charge in [0.15, 0.2) is 5.78 Å². The predicted octanol–water partition coefficient (Wildman–Crippen LogP) is 4.83. The van der Waals surface area contributed by atoms with E-state index in [0.717, 1.165) is 49.1 Å². The number of benzene rings is 2. The number of hydrogen-bond donors (Lipinski definition) is 1. The van der Waals surface area contributed by atoms with Crippen LogP contribution in [0.2, 0.25) is 6.04 Å². The van der Waals surface area contributed by atoms with Crippen molar-refractivity contribution in [3.8, 4) is 5.75 Å². The van der Waals surface area contributed by atoms with Gasteiger partial charge in [-0.3, -0.25) is 4.79 Å². The summed E-state index contributed by atoms with van der Waals surface area (Å²) in [6.07, 6.45) is 6.55. The molecular formula is C25H32O7Si. The highest BCUT2D eigenvalue weighted by atomic mass is 28.4. The Hall–Kier alpha value is -2.78. The maximum absolute atomic E-state index is 12.7. The molecule has 0 spiro atoms. The van der Waals surface area contributed by atoms with Crippen LogP contribution in [0.15, 0.2) is 54.6 Å². The highest BCUT2D eigenvalue weighted by molar-refractivity contribution is 6.60. The molecule has 0 amide bonds. The monoisotopic (exact) mass is 472 g/mol. The lowest BCUT2D eigenvalue weighted by molar-refractivity contribution is -0.131. The molecular weight excluding hydrogens is 440 g/mol. The maximum Gasteiger partial charge on any atom is 0.500 e. The van der Waals surface area contributed by atoms with Gasteiger partial charge in [-0.25, -0.2) is 4.79 Å². The number of unbranched alkanes of at least 4 members (excludes halogenated alkanes) is 3. The van der Waals surface area contributed by atoms with Crippen molar-refractivity contribution in [1.29, 1.82) is 0 Å². The summed E-state index contributed by atoms with van der Waals surface area (Å²) in [5.41, 5.74) is 1.83. The van der Waals surface area contributed by atoms with E-state index in [1.807, 2.05) is 0 Å². The summed E-state index contributed by atoms with van der Waals surface area (Å²) in [6.45, 7) is 0.611. The van der Waals surface area contributed by atoms with Crippen LogP contribution < -0.4 is 4.74 Å². The summed E-state index contributed by atoms with van der Waals surface area (Å²) in [6, 6.07) is 14.7. The topological polar surface area (TPSA) is 91.3 Å². The molecule has 0 aromatic heterocycles. The first kappa shape index (κ1) is 26.5. The van der Waals surface area contributed by atoms with Crippen molar-refractivity contribution >= 4 is 26.6 Å². The highest BCUT2D eigenvalue weighted by Gasteiger charge is 2.36. The molecule has 2 aromatic rings. The Bertz CT molecular complexity index is 895. The Labute approximate surface area is 196 Å². The lowest BCUT2D eigenvalue weighted by atomic mass is 10.0. The summed E-state index contributed by atoms with van der Waals surface area (Å²) >= 11 is 0. The standard InChI is InChI=1S/C25H32O7Si/c1-29-33(30-2,31-3)19-7-5-4-6-18-32-23-15-13-22(14-16-23)25(28)21-11-8-20(9-12-21)10-17-24(26)27/h8-17H,4-7,18-19H2,1-3H3,(H,26,27)/b17-10+. The first-order chi connectivity index (χ1) is 15.9. The van der Waals surface area contributed by atoms with Gasteiger partial charge in [-0.2, -0.15) is 0 Å². The highest BCUT2D eigenvalue weighted by Crippen LogP contribution is 2.19. The minimum absolute atomic E-state index is 0.0990. The van der Waals surface area contributed by atoms with Gasteiger partial charge >= 0.3 is 14.8 Å². The predicted molar refractivity (Wildman–Crippen MR) is 129 cm³/mol. The smallest absolute Gasteiger partial charge is 0.494 e. The van der Waals surface area contributed by atoms with Crippen LogP contribution in [0.25, 0.3) is 6.08 Å². The molecule has 0 bridgehead atoms. The fourth-order valence-corrected chi connectivity index (χ4v) is 5.12. The van der Waals surface area contributed by atoms with Gasteiger partial charge in [0, 0.05) is 44.6 Å². The van der Waals surface area contributed by atoms with Crippen LogP contribution in [-0.2, 0) is 18.1 Å². The van der Waals surface area contributed by atoms with E-state index in [0.29, 0.717) is 17.7 Å². The molecule has 1 N–H and O–H groups in total. The van der Waals surface area contributed by atoms with Crippen LogP contribution in [0.3, 0.4) is 0 Å². The Morgan fingerprint density at radius 1 is 0.818 bits per heavy atom. The number of carbonyl (C=O) groups is 2. The van der Waals surface area contributed by atoms with Crippen LogP contribution in [0.1, 0.15) is 47.2 Å². The van der Waals surface area contributed by atoms with E-state index in [4.69, 9.17) is 23.1 Å². The second kappa shape index (κ2) is 13.7. The van der Waals surface area contributed by atoms with E-state index in [2.05, 4.69) is 0 Å². The van der Waals surface area contributed by atoms with E-state index >= 15 is 0 Å². The number of ether oxygens (including phenoxy) is 1. The second-order valence-corrected chi connectivity index (χ2v) is 10.5. The lowest BCUT2D eigenvalue weighted by Crippen LogP contribution is -2.42. The van der Waals surface area contributed by atoms with Gasteiger partial charge in [0.1, 0.15) is 5.75 Å². The molecule has 2 aromatic carbocycles. The van der Waals surface area contributed by atoms with Crippen molar-refractivity contribution in [3.63, 3.8) is 0 Å². The second-order valence-electron chi connectivity index (χ2n) is 7.46. The average Bonchev–Trinajstić information content (AvgIpc) is 2.85. The van der Waals surface area contributed by atoms with Crippen LogP contribution in [0.5, 0.6) is 5.75 Å². The van der Waals surface area contributed by atoms with Gasteiger partial charge in [-0.15, -0.1) is 0 Å². The van der Waals surface area contributed by atoms with Crippen LogP contribution in [0, 0.1) is 0 Å². The molecule has 8 heteroatoms. The first-order valence-electron chi connectivity index (χ1n) is 10.9. The quantitative estimate of drug-likeness (QED) is 0.172.